The molecule has 1 aromatic carbocycles. The Bertz CT molecular complexity index is 658. The van der Waals surface area contributed by atoms with Crippen LogP contribution in [0.15, 0.2) is 24.3 Å². The lowest BCUT2D eigenvalue weighted by atomic mass is 9.87. The molecule has 0 saturated heterocycles. The maximum absolute atomic E-state index is 12.7. The van der Waals surface area contributed by atoms with E-state index in [1.165, 1.54) is 0 Å². The quantitative estimate of drug-likeness (QED) is 0.895. The second kappa shape index (κ2) is 5.25. The van der Waals surface area contributed by atoms with E-state index in [1.54, 1.807) is 0 Å². The largest absolute Gasteiger partial charge is 0.493 e. The summed E-state index contributed by atoms with van der Waals surface area (Å²) in [6, 6.07) is 7.73. The zero-order valence-electron chi connectivity index (χ0n) is 13.0. The van der Waals surface area contributed by atoms with Crippen molar-refractivity contribution >= 4 is 11.9 Å². The van der Waals surface area contributed by atoms with E-state index in [4.69, 9.17) is 4.74 Å². The Morgan fingerprint density at radius 1 is 1.26 bits per heavy atom. The van der Waals surface area contributed by atoms with Crippen LogP contribution in [0, 0.1) is 11.8 Å². The molecule has 1 spiro atoms. The van der Waals surface area contributed by atoms with E-state index < -0.39 is 11.9 Å². The van der Waals surface area contributed by atoms with Crippen molar-refractivity contribution in [3.63, 3.8) is 0 Å². The molecule has 1 amide bonds. The van der Waals surface area contributed by atoms with Gasteiger partial charge in [-0.05, 0) is 31.7 Å². The third kappa shape index (κ3) is 2.30. The van der Waals surface area contributed by atoms with Crippen LogP contribution in [-0.2, 0) is 15.0 Å². The number of para-hydroxylation sites is 1. The number of hydrogen-bond acceptors (Lipinski definition) is 3. The number of carboxylic acids is 1. The minimum Gasteiger partial charge on any atom is -0.493 e. The number of rotatable bonds is 3. The molecule has 1 heterocycles. The van der Waals surface area contributed by atoms with Crippen molar-refractivity contribution in [3.05, 3.63) is 29.8 Å². The molecule has 1 aliphatic heterocycles. The molecule has 1 aromatic rings. The molecule has 2 saturated carbocycles. The highest BCUT2D eigenvalue weighted by molar-refractivity contribution is 5.86. The highest BCUT2D eigenvalue weighted by Crippen LogP contribution is 2.60. The Morgan fingerprint density at radius 3 is 2.91 bits per heavy atom. The number of hydrogen-bond donors (Lipinski definition) is 2. The summed E-state index contributed by atoms with van der Waals surface area (Å²) in [4.78, 5) is 23.9. The van der Waals surface area contributed by atoms with Crippen LogP contribution >= 0.6 is 0 Å². The maximum atomic E-state index is 12.7. The molecule has 0 unspecified atom stereocenters. The normalized spacial score (nSPS) is 34.5. The Labute approximate surface area is 135 Å². The van der Waals surface area contributed by atoms with Crippen LogP contribution in [0.2, 0.25) is 0 Å². The van der Waals surface area contributed by atoms with Crippen LogP contribution in [0.3, 0.4) is 0 Å². The SMILES string of the molecule is O=C(O)[C@@H]1CCC[C@@H]1NC(=O)[C@@H]1C[C@]12CCOc1ccccc12. The molecule has 3 aliphatic rings. The van der Waals surface area contributed by atoms with Crippen LogP contribution in [0.4, 0.5) is 0 Å². The van der Waals surface area contributed by atoms with Crippen LogP contribution < -0.4 is 10.1 Å². The monoisotopic (exact) mass is 315 g/mol. The van der Waals surface area contributed by atoms with Crippen molar-refractivity contribution in [2.24, 2.45) is 11.8 Å². The predicted octanol–water partition coefficient (Wildman–Crippen LogP) is 2.10. The number of carboxylic acid groups (broad SMARTS) is 1. The third-order valence-corrected chi connectivity index (χ3v) is 5.78. The first-order valence-electron chi connectivity index (χ1n) is 8.37. The molecule has 4 atom stereocenters. The number of fused-ring (bicyclic) bond motifs is 2. The molecule has 5 nitrogen and oxygen atoms in total. The number of aliphatic carboxylic acids is 1. The summed E-state index contributed by atoms with van der Waals surface area (Å²) >= 11 is 0. The van der Waals surface area contributed by atoms with Crippen LogP contribution in [-0.4, -0.2) is 29.6 Å². The number of carbonyl (C=O) groups is 2. The minimum absolute atomic E-state index is 0.0138. The molecular weight excluding hydrogens is 294 g/mol. The first-order chi connectivity index (χ1) is 11.1. The van der Waals surface area contributed by atoms with Crippen molar-refractivity contribution in [1.82, 2.24) is 5.32 Å². The molecular formula is C18H21NO4. The Hall–Kier alpha value is -2.04. The molecule has 122 valence electrons. The van der Waals surface area contributed by atoms with Gasteiger partial charge in [-0.1, -0.05) is 24.6 Å². The predicted molar refractivity (Wildman–Crippen MR) is 83.2 cm³/mol. The van der Waals surface area contributed by atoms with Crippen molar-refractivity contribution in [2.45, 2.75) is 43.6 Å². The lowest BCUT2D eigenvalue weighted by Gasteiger charge is -2.27. The van der Waals surface area contributed by atoms with Gasteiger partial charge in [0.05, 0.1) is 12.5 Å². The second-order valence-electron chi connectivity index (χ2n) is 7.00. The summed E-state index contributed by atoms with van der Waals surface area (Å²) < 4.78 is 5.70. The Morgan fingerprint density at radius 2 is 2.09 bits per heavy atom. The standard InChI is InChI=1S/C18H21NO4/c20-16(19-14-6-3-4-11(14)17(21)22)13-10-18(13)8-9-23-15-7-2-1-5-12(15)18/h1-2,5,7,11,13-14H,3-4,6,8-10H2,(H,19,20)(H,21,22)/t11-,13+,14+,18+/m1/s1. The average molecular weight is 315 g/mol. The van der Waals surface area contributed by atoms with Crippen molar-refractivity contribution in [3.8, 4) is 5.75 Å². The zero-order valence-corrected chi connectivity index (χ0v) is 13.0. The average Bonchev–Trinajstić information content (AvgIpc) is 3.06. The second-order valence-corrected chi connectivity index (χ2v) is 7.00. The summed E-state index contributed by atoms with van der Waals surface area (Å²) in [5.74, 6) is -0.383. The van der Waals surface area contributed by atoms with Gasteiger partial charge in [0.15, 0.2) is 0 Å². The molecule has 0 aromatic heterocycles. The van der Waals surface area contributed by atoms with Gasteiger partial charge in [-0.15, -0.1) is 0 Å². The van der Waals surface area contributed by atoms with Gasteiger partial charge in [0.25, 0.3) is 0 Å². The summed E-state index contributed by atoms with van der Waals surface area (Å²) in [5, 5.41) is 12.3. The number of ether oxygens (including phenoxy) is 1. The van der Waals surface area contributed by atoms with Gasteiger partial charge in [-0.3, -0.25) is 9.59 Å². The molecule has 2 fully saturated rings. The number of nitrogens with one attached hydrogen (secondary N) is 1. The molecule has 2 aliphatic carbocycles. The van der Waals surface area contributed by atoms with Crippen molar-refractivity contribution < 1.29 is 19.4 Å². The fourth-order valence-corrected chi connectivity index (χ4v) is 4.42. The molecule has 4 rings (SSSR count). The van der Waals surface area contributed by atoms with Gasteiger partial charge < -0.3 is 15.2 Å². The number of benzene rings is 1. The molecule has 0 bridgehead atoms. The van der Waals surface area contributed by atoms with Crippen molar-refractivity contribution in [2.75, 3.05) is 6.61 Å². The Balaban J connectivity index is 1.49. The molecule has 0 radical (unpaired) electrons. The Kier molecular flexibility index (Phi) is 3.32. The van der Waals surface area contributed by atoms with Gasteiger partial charge in [-0.2, -0.15) is 0 Å². The van der Waals surface area contributed by atoms with Crippen LogP contribution in [0.25, 0.3) is 0 Å². The summed E-state index contributed by atoms with van der Waals surface area (Å²) in [7, 11) is 0. The highest BCUT2D eigenvalue weighted by atomic mass is 16.5. The third-order valence-electron chi connectivity index (χ3n) is 5.78. The van der Waals surface area contributed by atoms with Gasteiger partial charge in [0.2, 0.25) is 5.91 Å². The van der Waals surface area contributed by atoms with Crippen molar-refractivity contribution in [1.29, 1.82) is 0 Å². The number of carbonyl (C=O) groups excluding carboxylic acids is 1. The molecule has 5 heteroatoms. The van der Waals surface area contributed by atoms with E-state index in [2.05, 4.69) is 11.4 Å². The fourth-order valence-electron chi connectivity index (χ4n) is 4.42. The maximum Gasteiger partial charge on any atom is 0.308 e. The zero-order chi connectivity index (χ0) is 16.0. The van der Waals surface area contributed by atoms with Gasteiger partial charge in [0, 0.05) is 22.9 Å². The minimum atomic E-state index is -0.797. The molecule has 2 N–H and O–H groups in total. The van der Waals surface area contributed by atoms with Gasteiger partial charge >= 0.3 is 5.97 Å². The number of amides is 1. The highest BCUT2D eigenvalue weighted by Gasteiger charge is 2.61. The van der Waals surface area contributed by atoms with Crippen LogP contribution in [0.5, 0.6) is 5.75 Å². The van der Waals surface area contributed by atoms with E-state index in [0.29, 0.717) is 13.0 Å². The smallest absolute Gasteiger partial charge is 0.308 e. The summed E-state index contributed by atoms with van der Waals surface area (Å²) in [6.07, 6.45) is 3.99. The van der Waals surface area contributed by atoms with E-state index in [1.807, 2.05) is 18.2 Å². The first kappa shape index (κ1) is 14.5. The fraction of sp³-hybridized carbons (Fsp3) is 0.556. The van der Waals surface area contributed by atoms with E-state index in [0.717, 1.165) is 37.0 Å². The summed E-state index contributed by atoms with van der Waals surface area (Å²) in [6.45, 7) is 0.641. The van der Waals surface area contributed by atoms with Gasteiger partial charge in [0.1, 0.15) is 5.75 Å². The van der Waals surface area contributed by atoms with Gasteiger partial charge in [-0.25, -0.2) is 0 Å². The topological polar surface area (TPSA) is 75.6 Å². The van der Waals surface area contributed by atoms with E-state index >= 15 is 0 Å². The van der Waals surface area contributed by atoms with Crippen LogP contribution in [0.1, 0.15) is 37.7 Å². The first-order valence-corrected chi connectivity index (χ1v) is 8.37. The van der Waals surface area contributed by atoms with E-state index in [-0.39, 0.29) is 23.3 Å². The molecule has 23 heavy (non-hydrogen) atoms. The summed E-state index contributed by atoms with van der Waals surface area (Å²) in [5.41, 5.74) is 1.03. The lowest BCUT2D eigenvalue weighted by Crippen LogP contribution is -2.42. The lowest BCUT2D eigenvalue weighted by molar-refractivity contribution is -0.142. The van der Waals surface area contributed by atoms with E-state index in [9.17, 15) is 14.7 Å².